The van der Waals surface area contributed by atoms with Crippen LogP contribution in [0.3, 0.4) is 0 Å². The summed E-state index contributed by atoms with van der Waals surface area (Å²) in [6.07, 6.45) is 0. The van der Waals surface area contributed by atoms with Crippen molar-refractivity contribution in [3.63, 3.8) is 0 Å². The molecular weight excluding hydrogens is 139 g/mol. The van der Waals surface area contributed by atoms with Crippen LogP contribution in [0, 0.1) is 20.2 Å². The Balaban J connectivity index is -0.0000000160. The van der Waals surface area contributed by atoms with E-state index < -0.39 is 0 Å². The predicted molar refractivity (Wildman–Crippen MR) is 24.1 cm³/mol. The van der Waals surface area contributed by atoms with Gasteiger partial charge in [-0.05, 0) is 0 Å². The molecule has 0 heterocycles. The molecule has 0 atom stereocenters. The molecular formula is MgN2NaO4+. The zero-order valence-corrected chi connectivity index (χ0v) is 7.65. The van der Waals surface area contributed by atoms with Gasteiger partial charge in [-0.2, -0.15) is 0 Å². The molecule has 0 aromatic carbocycles. The van der Waals surface area contributed by atoms with Gasteiger partial charge < -0.3 is 20.2 Å². The van der Waals surface area contributed by atoms with Crippen LogP contribution in [0.15, 0.2) is 10.7 Å². The van der Waals surface area contributed by atoms with Crippen molar-refractivity contribution in [3.05, 3.63) is 20.2 Å². The molecule has 0 rings (SSSR count). The first-order valence-electron chi connectivity index (χ1n) is 0.730. The number of nitrogens with zero attached hydrogens (tertiary/aromatic N) is 2. The first-order chi connectivity index (χ1) is 2.83. The molecule has 0 spiro atoms. The Labute approximate surface area is 82.9 Å². The van der Waals surface area contributed by atoms with Crippen molar-refractivity contribution in [2.45, 2.75) is 0 Å². The van der Waals surface area contributed by atoms with Crippen LogP contribution in [0.5, 0.6) is 0 Å². The van der Waals surface area contributed by atoms with Crippen LogP contribution in [-0.4, -0.2) is 23.1 Å². The molecule has 0 saturated heterocycles. The monoisotopic (exact) mass is 139 g/mol. The summed E-state index contributed by atoms with van der Waals surface area (Å²) in [6, 6.07) is 0. The first-order valence-corrected chi connectivity index (χ1v) is 0.730. The zero-order chi connectivity index (χ0) is 5.41. The summed E-state index contributed by atoms with van der Waals surface area (Å²) in [5.41, 5.74) is 0. The van der Waals surface area contributed by atoms with Crippen molar-refractivity contribution >= 4 is 23.1 Å². The Bertz CT molecular complexity index is 35.0. The average molecular weight is 139 g/mol. The van der Waals surface area contributed by atoms with Gasteiger partial charge in [-0.15, -0.1) is 10.7 Å². The minimum atomic E-state index is 0. The molecule has 0 radical (unpaired) electrons. The van der Waals surface area contributed by atoms with Gasteiger partial charge in [0.05, 0.1) is 0 Å². The van der Waals surface area contributed by atoms with E-state index in [0.29, 0.717) is 0 Å². The third kappa shape index (κ3) is 635. The maximum absolute atomic E-state index is 8.00. The van der Waals surface area contributed by atoms with Crippen molar-refractivity contribution in [1.29, 1.82) is 0 Å². The van der Waals surface area contributed by atoms with E-state index in [4.69, 9.17) is 20.2 Å². The Morgan fingerprint density at radius 3 is 1.00 bits per heavy atom. The van der Waals surface area contributed by atoms with E-state index in [-0.39, 0.29) is 52.6 Å². The molecule has 0 aromatic heterocycles. The van der Waals surface area contributed by atoms with Crippen molar-refractivity contribution in [3.8, 4) is 0 Å². The van der Waals surface area contributed by atoms with Crippen LogP contribution in [0.2, 0.25) is 0 Å². The SMILES string of the molecule is O=N[O-].O=N[O-].[Mg+2].[Na+]. The van der Waals surface area contributed by atoms with E-state index >= 15 is 0 Å². The smallest absolute Gasteiger partial charge is 0.444 e. The van der Waals surface area contributed by atoms with Crippen LogP contribution in [0.4, 0.5) is 0 Å². The molecule has 0 fully saturated rings. The summed E-state index contributed by atoms with van der Waals surface area (Å²) in [4.78, 5) is 16.0. The summed E-state index contributed by atoms with van der Waals surface area (Å²) >= 11 is 0. The Hall–Kier alpha value is 0.566. The molecule has 0 bridgehead atoms. The van der Waals surface area contributed by atoms with Gasteiger partial charge in [0.1, 0.15) is 0 Å². The third-order valence-electron chi connectivity index (χ3n) is 0. The predicted octanol–water partition coefficient (Wildman–Crippen LogP) is -2.88. The average Bonchev–Trinajstić information content (AvgIpc) is 1.39. The molecule has 8 heteroatoms. The second-order valence-electron chi connectivity index (χ2n) is 0.149. The quantitative estimate of drug-likeness (QED) is 0.204. The fourth-order valence-corrected chi connectivity index (χ4v) is 0. The van der Waals surface area contributed by atoms with Gasteiger partial charge in [-0.3, -0.25) is 0 Å². The van der Waals surface area contributed by atoms with Gasteiger partial charge in [-0.1, -0.05) is 0 Å². The van der Waals surface area contributed by atoms with Gasteiger partial charge in [0, 0.05) is 0 Å². The number of hydrogen-bond donors (Lipinski definition) is 0. The second-order valence-corrected chi connectivity index (χ2v) is 0.149. The summed E-state index contributed by atoms with van der Waals surface area (Å²) in [5, 5.41) is 18.0. The first kappa shape index (κ1) is 23.5. The number of hydrogen-bond acceptors (Lipinski definition) is 6. The minimum absolute atomic E-state index is 0. The molecule has 8 heavy (non-hydrogen) atoms. The summed E-state index contributed by atoms with van der Waals surface area (Å²) in [5.74, 6) is 0. The fraction of sp³-hybridized carbons (Fsp3) is 0. The Morgan fingerprint density at radius 2 is 1.00 bits per heavy atom. The fourth-order valence-electron chi connectivity index (χ4n) is 0. The van der Waals surface area contributed by atoms with Crippen LogP contribution < -0.4 is 29.6 Å². The van der Waals surface area contributed by atoms with Crippen molar-refractivity contribution in [2.24, 2.45) is 10.7 Å². The maximum Gasteiger partial charge on any atom is 2.00 e. The van der Waals surface area contributed by atoms with Gasteiger partial charge in [0.25, 0.3) is 0 Å². The molecule has 0 aliphatic carbocycles. The van der Waals surface area contributed by atoms with E-state index in [1.165, 1.54) is 0 Å². The molecule has 0 saturated carbocycles. The maximum atomic E-state index is 8.00. The van der Waals surface area contributed by atoms with E-state index in [0.717, 1.165) is 10.7 Å². The topological polar surface area (TPSA) is 105 Å². The largest absolute Gasteiger partial charge is 2.00 e. The van der Waals surface area contributed by atoms with Crippen molar-refractivity contribution in [2.75, 3.05) is 0 Å². The second kappa shape index (κ2) is 49.5. The third-order valence-corrected chi connectivity index (χ3v) is 0. The van der Waals surface area contributed by atoms with E-state index in [2.05, 4.69) is 0 Å². The molecule has 0 aliphatic rings. The van der Waals surface area contributed by atoms with Crippen molar-refractivity contribution in [1.82, 2.24) is 0 Å². The van der Waals surface area contributed by atoms with E-state index in [1.54, 1.807) is 0 Å². The molecule has 0 aromatic rings. The molecule has 0 aliphatic heterocycles. The molecule has 0 N–H and O–H groups in total. The zero-order valence-electron chi connectivity index (χ0n) is 4.23. The summed E-state index contributed by atoms with van der Waals surface area (Å²) < 4.78 is 0. The Morgan fingerprint density at radius 1 is 1.00 bits per heavy atom. The van der Waals surface area contributed by atoms with Crippen LogP contribution >= 0.6 is 0 Å². The standard InChI is InChI=1S/Mg.2HNO2.Na/c;2*2-1-3;/h;2*(H,2,3);/q+2;;;+1/p-2. The van der Waals surface area contributed by atoms with Gasteiger partial charge in [-0.25, -0.2) is 0 Å². The molecule has 0 unspecified atom stereocenters. The van der Waals surface area contributed by atoms with Crippen LogP contribution in [0.1, 0.15) is 0 Å². The summed E-state index contributed by atoms with van der Waals surface area (Å²) in [6.45, 7) is 0. The van der Waals surface area contributed by atoms with Crippen molar-refractivity contribution < 1.29 is 29.6 Å². The van der Waals surface area contributed by atoms with Crippen LogP contribution in [-0.2, 0) is 0 Å². The van der Waals surface area contributed by atoms with E-state index in [1.807, 2.05) is 0 Å². The molecule has 0 amide bonds. The normalized spacial score (nSPS) is 3.00. The van der Waals surface area contributed by atoms with Gasteiger partial charge >= 0.3 is 52.6 Å². The number of rotatable bonds is 0. The van der Waals surface area contributed by atoms with E-state index in [9.17, 15) is 0 Å². The summed E-state index contributed by atoms with van der Waals surface area (Å²) in [7, 11) is 0. The van der Waals surface area contributed by atoms with Gasteiger partial charge in [0.15, 0.2) is 0 Å². The Kier molecular flexibility index (Phi) is 146. The van der Waals surface area contributed by atoms with Crippen LogP contribution in [0.25, 0.3) is 0 Å². The van der Waals surface area contributed by atoms with Gasteiger partial charge in [0.2, 0.25) is 0 Å². The molecule has 36 valence electrons. The molecule has 6 nitrogen and oxygen atoms in total. The minimum Gasteiger partial charge on any atom is -0.444 e.